The Balaban J connectivity index is 1.05. The van der Waals surface area contributed by atoms with Crippen LogP contribution in [0, 0.1) is 0 Å². The number of fused-ring (bicyclic) bond motifs is 5. The third kappa shape index (κ3) is 5.33. The van der Waals surface area contributed by atoms with E-state index in [1.807, 2.05) is 11.3 Å². The molecule has 10 rings (SSSR count). The van der Waals surface area contributed by atoms with Gasteiger partial charge in [-0.3, -0.25) is 0 Å². The Kier molecular flexibility index (Phi) is 7.41. The van der Waals surface area contributed by atoms with E-state index < -0.39 is 0 Å². The quantitative estimate of drug-likeness (QED) is 0.169. The van der Waals surface area contributed by atoms with E-state index in [9.17, 15) is 0 Å². The molecule has 52 heavy (non-hydrogen) atoms. The Morgan fingerprint density at radius 2 is 0.712 bits per heavy atom. The average Bonchev–Trinajstić information content (AvgIpc) is 3.59. The van der Waals surface area contributed by atoms with E-state index >= 15 is 0 Å². The number of hydrogen-bond donors (Lipinski definition) is 0. The summed E-state index contributed by atoms with van der Waals surface area (Å²) in [7, 11) is 0. The Morgan fingerprint density at radius 3 is 1.27 bits per heavy atom. The average molecular weight is 680 g/mol. The van der Waals surface area contributed by atoms with E-state index in [1.54, 1.807) is 0 Å². The normalized spacial score (nSPS) is 11.5. The fourth-order valence-electron chi connectivity index (χ4n) is 7.69. The zero-order chi connectivity index (χ0) is 34.4. The summed E-state index contributed by atoms with van der Waals surface area (Å²) in [6, 6.07) is 72.9. The molecular weight excluding hydrogens is 647 g/mol. The van der Waals surface area contributed by atoms with E-state index in [2.05, 4.69) is 205 Å². The van der Waals surface area contributed by atoms with Crippen molar-refractivity contribution in [3.05, 3.63) is 200 Å². The summed E-state index contributed by atoms with van der Waals surface area (Å²) in [5.74, 6) is 0. The molecule has 0 saturated heterocycles. The maximum Gasteiger partial charge on any atom is 0.0462 e. The summed E-state index contributed by atoms with van der Waals surface area (Å²) in [6.07, 6.45) is 0. The monoisotopic (exact) mass is 679 g/mol. The van der Waals surface area contributed by atoms with Crippen molar-refractivity contribution in [1.29, 1.82) is 0 Å². The Morgan fingerprint density at radius 1 is 0.288 bits per heavy atom. The van der Waals surface area contributed by atoms with Crippen molar-refractivity contribution in [2.75, 3.05) is 4.90 Å². The lowest BCUT2D eigenvalue weighted by molar-refractivity contribution is 1.28. The van der Waals surface area contributed by atoms with Crippen molar-refractivity contribution >= 4 is 70.1 Å². The molecule has 0 saturated carbocycles. The second kappa shape index (κ2) is 12.7. The van der Waals surface area contributed by atoms with E-state index in [4.69, 9.17) is 0 Å². The maximum absolute atomic E-state index is 2.36. The van der Waals surface area contributed by atoms with Gasteiger partial charge in [0.25, 0.3) is 0 Å². The first kappa shape index (κ1) is 30.4. The van der Waals surface area contributed by atoms with Crippen molar-refractivity contribution in [3.8, 4) is 33.4 Å². The molecule has 9 aromatic carbocycles. The SMILES string of the molecule is c1ccc2c(-c3ccc(N(c4ccc(-c5ccc6sc7ccccc7c6c5)cc4)c4ccc(-c5cccc6ccccc56)cc4)cc3)cccc2c1. The number of hydrogen-bond acceptors (Lipinski definition) is 2. The summed E-state index contributed by atoms with van der Waals surface area (Å²) in [5.41, 5.74) is 10.7. The van der Waals surface area contributed by atoms with Gasteiger partial charge < -0.3 is 4.90 Å². The second-order valence-corrected chi connectivity index (χ2v) is 14.4. The molecule has 1 nitrogen and oxygen atoms in total. The van der Waals surface area contributed by atoms with Crippen molar-refractivity contribution in [2.24, 2.45) is 0 Å². The largest absolute Gasteiger partial charge is 0.311 e. The highest BCUT2D eigenvalue weighted by atomic mass is 32.1. The summed E-state index contributed by atoms with van der Waals surface area (Å²) in [5, 5.41) is 7.69. The van der Waals surface area contributed by atoms with Crippen LogP contribution in [0.5, 0.6) is 0 Å². The number of thiophene rings is 1. The lowest BCUT2D eigenvalue weighted by Crippen LogP contribution is -2.09. The van der Waals surface area contributed by atoms with E-state index in [-0.39, 0.29) is 0 Å². The van der Waals surface area contributed by atoms with Crippen LogP contribution >= 0.6 is 11.3 Å². The summed E-state index contributed by atoms with van der Waals surface area (Å²) < 4.78 is 2.66. The first-order valence-corrected chi connectivity index (χ1v) is 18.6. The number of nitrogens with zero attached hydrogens (tertiary/aromatic N) is 1. The van der Waals surface area contributed by atoms with Crippen LogP contribution in [0.1, 0.15) is 0 Å². The number of anilines is 3. The van der Waals surface area contributed by atoms with Crippen molar-refractivity contribution in [1.82, 2.24) is 0 Å². The molecule has 0 N–H and O–H groups in total. The van der Waals surface area contributed by atoms with Crippen LogP contribution in [0.2, 0.25) is 0 Å². The standard InChI is InChI=1S/C50H33NS/c1-3-13-43-35(9-1)11-7-16-45(43)37-21-28-41(29-22-37)51(42-30-23-38(24-31-42)46-17-8-12-36-10-2-4-14-44(36)46)40-26-19-34(20-27-40)39-25-32-50-48(33-39)47-15-5-6-18-49(47)52-50/h1-33H. The van der Waals surface area contributed by atoms with Crippen LogP contribution in [0.4, 0.5) is 17.1 Å². The minimum atomic E-state index is 1.11. The molecule has 1 heterocycles. The highest BCUT2D eigenvalue weighted by Crippen LogP contribution is 2.40. The van der Waals surface area contributed by atoms with Crippen LogP contribution in [0.15, 0.2) is 200 Å². The Bertz CT molecular complexity index is 2750. The van der Waals surface area contributed by atoms with Gasteiger partial charge in [0.05, 0.1) is 0 Å². The van der Waals surface area contributed by atoms with E-state index in [1.165, 1.54) is 75.1 Å². The molecule has 0 bridgehead atoms. The minimum Gasteiger partial charge on any atom is -0.311 e. The molecule has 0 fully saturated rings. The van der Waals surface area contributed by atoms with Gasteiger partial charge in [0.15, 0.2) is 0 Å². The zero-order valence-electron chi connectivity index (χ0n) is 28.4. The number of rotatable bonds is 6. The highest BCUT2D eigenvalue weighted by Gasteiger charge is 2.15. The van der Waals surface area contributed by atoms with Gasteiger partial charge >= 0.3 is 0 Å². The first-order chi connectivity index (χ1) is 25.8. The molecule has 0 aliphatic rings. The molecule has 0 spiro atoms. The molecule has 0 aliphatic heterocycles. The highest BCUT2D eigenvalue weighted by molar-refractivity contribution is 7.25. The van der Waals surface area contributed by atoms with E-state index in [0.717, 1.165) is 17.1 Å². The molecule has 10 aromatic rings. The van der Waals surface area contributed by atoms with Crippen molar-refractivity contribution < 1.29 is 0 Å². The summed E-state index contributed by atoms with van der Waals surface area (Å²) in [6.45, 7) is 0. The van der Waals surface area contributed by atoms with Crippen LogP contribution < -0.4 is 4.90 Å². The van der Waals surface area contributed by atoms with Gasteiger partial charge in [0, 0.05) is 37.2 Å². The fraction of sp³-hybridized carbons (Fsp3) is 0. The molecule has 2 heteroatoms. The smallest absolute Gasteiger partial charge is 0.0462 e. The lowest BCUT2D eigenvalue weighted by atomic mass is 9.97. The van der Waals surface area contributed by atoms with Crippen LogP contribution in [0.3, 0.4) is 0 Å². The molecule has 244 valence electrons. The Hall–Kier alpha value is -6.48. The van der Waals surface area contributed by atoms with Crippen LogP contribution in [-0.2, 0) is 0 Å². The molecular formula is C50H33NS. The first-order valence-electron chi connectivity index (χ1n) is 17.8. The fourth-order valence-corrected chi connectivity index (χ4v) is 8.78. The van der Waals surface area contributed by atoms with E-state index in [0.29, 0.717) is 0 Å². The summed E-state index contributed by atoms with van der Waals surface area (Å²) >= 11 is 1.86. The predicted octanol–water partition coefficient (Wildman–Crippen LogP) is 14.8. The maximum atomic E-state index is 2.36. The lowest BCUT2D eigenvalue weighted by Gasteiger charge is -2.26. The topological polar surface area (TPSA) is 3.24 Å². The molecule has 0 aliphatic carbocycles. The zero-order valence-corrected chi connectivity index (χ0v) is 29.2. The minimum absolute atomic E-state index is 1.11. The predicted molar refractivity (Wildman–Crippen MR) is 225 cm³/mol. The van der Waals surface area contributed by atoms with Crippen molar-refractivity contribution in [2.45, 2.75) is 0 Å². The Labute approximate surface area is 307 Å². The molecule has 0 amide bonds. The second-order valence-electron chi connectivity index (χ2n) is 13.3. The van der Waals surface area contributed by atoms with Gasteiger partial charge in [0.2, 0.25) is 0 Å². The third-order valence-corrected chi connectivity index (χ3v) is 11.4. The van der Waals surface area contributed by atoms with Gasteiger partial charge in [-0.2, -0.15) is 0 Å². The molecule has 0 unspecified atom stereocenters. The van der Waals surface area contributed by atoms with Crippen LogP contribution in [0.25, 0.3) is 75.1 Å². The molecule has 0 radical (unpaired) electrons. The van der Waals surface area contributed by atoms with Gasteiger partial charge in [-0.1, -0.05) is 146 Å². The van der Waals surface area contributed by atoms with Gasteiger partial charge in [-0.15, -0.1) is 11.3 Å². The van der Waals surface area contributed by atoms with Gasteiger partial charge in [-0.05, 0) is 110 Å². The third-order valence-electron chi connectivity index (χ3n) is 10.3. The van der Waals surface area contributed by atoms with Gasteiger partial charge in [-0.25, -0.2) is 0 Å². The van der Waals surface area contributed by atoms with Crippen molar-refractivity contribution in [3.63, 3.8) is 0 Å². The number of benzene rings is 9. The van der Waals surface area contributed by atoms with Crippen LogP contribution in [-0.4, -0.2) is 0 Å². The summed E-state index contributed by atoms with van der Waals surface area (Å²) in [4.78, 5) is 2.36. The molecule has 1 aromatic heterocycles. The molecule has 0 atom stereocenters. The van der Waals surface area contributed by atoms with Gasteiger partial charge in [0.1, 0.15) is 0 Å².